The van der Waals surface area contributed by atoms with Crippen molar-refractivity contribution in [1.29, 1.82) is 0 Å². The van der Waals surface area contributed by atoms with E-state index in [1.807, 2.05) is 58.0 Å². The van der Waals surface area contributed by atoms with E-state index in [4.69, 9.17) is 0 Å². The van der Waals surface area contributed by atoms with Gasteiger partial charge in [0.25, 0.3) is 0 Å². The Labute approximate surface area is 138 Å². The van der Waals surface area contributed by atoms with Gasteiger partial charge in [0, 0.05) is 12.6 Å². The average Bonchev–Trinajstić information content (AvgIpc) is 2.52. The van der Waals surface area contributed by atoms with Gasteiger partial charge in [0.05, 0.1) is 6.54 Å². The number of carboxylic acid groups (broad SMARTS) is 1. The minimum absolute atomic E-state index is 0.0260. The Kier molecular flexibility index (Phi) is 7.75. The van der Waals surface area contributed by atoms with Gasteiger partial charge in [0.1, 0.15) is 6.04 Å². The van der Waals surface area contributed by atoms with Gasteiger partial charge in [0.15, 0.2) is 0 Å². The number of carbonyl (C=O) groups excluding carboxylic acids is 1. The van der Waals surface area contributed by atoms with Crippen molar-refractivity contribution in [2.75, 3.05) is 6.54 Å². The molecule has 0 aliphatic heterocycles. The van der Waals surface area contributed by atoms with Gasteiger partial charge >= 0.3 is 5.97 Å². The van der Waals surface area contributed by atoms with Crippen LogP contribution in [0.3, 0.4) is 0 Å². The Balaban J connectivity index is 2.69. The van der Waals surface area contributed by atoms with Crippen LogP contribution in [0.15, 0.2) is 30.3 Å². The fourth-order valence-electron chi connectivity index (χ4n) is 2.41. The highest BCUT2D eigenvalue weighted by Gasteiger charge is 2.25. The number of amides is 1. The van der Waals surface area contributed by atoms with Crippen molar-refractivity contribution in [2.45, 2.75) is 52.7 Å². The first-order chi connectivity index (χ1) is 10.9. The van der Waals surface area contributed by atoms with Gasteiger partial charge in [-0.05, 0) is 25.3 Å². The van der Waals surface area contributed by atoms with Crippen LogP contribution in [0.4, 0.5) is 0 Å². The summed E-state index contributed by atoms with van der Waals surface area (Å²) < 4.78 is 0. The maximum Gasteiger partial charge on any atom is 0.320 e. The number of aliphatic carboxylic acids is 1. The molecule has 0 heterocycles. The van der Waals surface area contributed by atoms with E-state index in [9.17, 15) is 14.7 Å². The van der Waals surface area contributed by atoms with Crippen LogP contribution in [0.25, 0.3) is 0 Å². The van der Waals surface area contributed by atoms with Gasteiger partial charge in [-0.2, -0.15) is 0 Å². The molecule has 1 aromatic rings. The quantitative estimate of drug-likeness (QED) is 0.733. The number of hydrogen-bond acceptors (Lipinski definition) is 3. The summed E-state index contributed by atoms with van der Waals surface area (Å²) in [5, 5.41) is 12.2. The highest BCUT2D eigenvalue weighted by molar-refractivity contribution is 5.80. The number of rotatable bonds is 9. The zero-order chi connectivity index (χ0) is 17.4. The van der Waals surface area contributed by atoms with Crippen molar-refractivity contribution in [3.05, 3.63) is 35.9 Å². The molecule has 0 aromatic heterocycles. The minimum Gasteiger partial charge on any atom is -0.480 e. The highest BCUT2D eigenvalue weighted by Crippen LogP contribution is 2.10. The Bertz CT molecular complexity index is 502. The number of carbonyl (C=O) groups is 2. The molecular weight excluding hydrogens is 292 g/mol. The first kappa shape index (κ1) is 19.2. The molecule has 0 aliphatic rings. The third-order valence-corrected chi connectivity index (χ3v) is 4.09. The predicted octanol–water partition coefficient (Wildman–Crippen LogP) is 2.51. The molecule has 0 spiro atoms. The van der Waals surface area contributed by atoms with Gasteiger partial charge in [-0.25, -0.2) is 0 Å². The van der Waals surface area contributed by atoms with Gasteiger partial charge < -0.3 is 10.0 Å². The first-order valence-corrected chi connectivity index (χ1v) is 8.16. The van der Waals surface area contributed by atoms with E-state index in [1.54, 1.807) is 4.90 Å². The molecule has 2 N–H and O–H groups in total. The summed E-state index contributed by atoms with van der Waals surface area (Å²) in [5.41, 5.74) is 1.06. The molecule has 0 unspecified atom stereocenters. The summed E-state index contributed by atoms with van der Waals surface area (Å²) in [6, 6.07) is 9.15. The normalized spacial score (nSPS) is 13.6. The number of nitrogens with zero attached hydrogens (tertiary/aromatic N) is 1. The van der Waals surface area contributed by atoms with Crippen LogP contribution >= 0.6 is 0 Å². The lowest BCUT2D eigenvalue weighted by Crippen LogP contribution is -2.48. The average molecular weight is 320 g/mol. The Hall–Kier alpha value is -1.88. The van der Waals surface area contributed by atoms with Gasteiger partial charge in [0.2, 0.25) is 5.91 Å². The van der Waals surface area contributed by atoms with E-state index in [0.717, 1.165) is 12.0 Å². The smallest absolute Gasteiger partial charge is 0.320 e. The molecular formula is C18H28N2O3. The van der Waals surface area contributed by atoms with Crippen molar-refractivity contribution in [2.24, 2.45) is 5.92 Å². The molecule has 0 radical (unpaired) electrons. The standard InChI is InChI=1S/C18H28N2O3/c1-5-14(4)17(18(22)23)19-11-16(21)20(13(2)3)12-15-9-7-6-8-10-15/h6-10,13-14,17,19H,5,11-12H2,1-4H3,(H,22,23)/t14-,17-/m0/s1. The largest absolute Gasteiger partial charge is 0.480 e. The Morgan fingerprint density at radius 1 is 1.17 bits per heavy atom. The van der Waals surface area contributed by atoms with Crippen molar-refractivity contribution in [3.63, 3.8) is 0 Å². The summed E-state index contributed by atoms with van der Waals surface area (Å²) >= 11 is 0. The summed E-state index contributed by atoms with van der Waals surface area (Å²) in [6.45, 7) is 8.31. The number of carboxylic acids is 1. The first-order valence-electron chi connectivity index (χ1n) is 8.16. The molecule has 0 aliphatic carbocycles. The molecule has 5 nitrogen and oxygen atoms in total. The molecule has 1 amide bonds. The molecule has 5 heteroatoms. The van der Waals surface area contributed by atoms with Crippen LogP contribution in [0.1, 0.15) is 39.7 Å². The molecule has 0 saturated carbocycles. The second-order valence-corrected chi connectivity index (χ2v) is 6.18. The lowest BCUT2D eigenvalue weighted by molar-refractivity contribution is -0.141. The van der Waals surface area contributed by atoms with E-state index >= 15 is 0 Å². The fraction of sp³-hybridized carbons (Fsp3) is 0.556. The predicted molar refractivity (Wildman–Crippen MR) is 91.0 cm³/mol. The van der Waals surface area contributed by atoms with E-state index in [1.165, 1.54) is 0 Å². The van der Waals surface area contributed by atoms with Crippen molar-refractivity contribution in [1.82, 2.24) is 10.2 Å². The number of benzene rings is 1. The molecule has 128 valence electrons. The number of nitrogens with one attached hydrogen (secondary N) is 1. The fourth-order valence-corrected chi connectivity index (χ4v) is 2.41. The molecule has 0 saturated heterocycles. The molecule has 2 atom stereocenters. The van der Waals surface area contributed by atoms with Crippen molar-refractivity contribution in [3.8, 4) is 0 Å². The van der Waals surface area contributed by atoms with Crippen LogP contribution in [0, 0.1) is 5.92 Å². The number of hydrogen-bond donors (Lipinski definition) is 2. The maximum absolute atomic E-state index is 12.5. The van der Waals surface area contributed by atoms with E-state index < -0.39 is 12.0 Å². The lowest BCUT2D eigenvalue weighted by atomic mass is 9.99. The zero-order valence-corrected chi connectivity index (χ0v) is 14.5. The van der Waals surface area contributed by atoms with Gasteiger partial charge in [-0.3, -0.25) is 14.9 Å². The van der Waals surface area contributed by atoms with Gasteiger partial charge in [-0.1, -0.05) is 50.6 Å². The van der Waals surface area contributed by atoms with Crippen molar-refractivity contribution >= 4 is 11.9 Å². The van der Waals surface area contributed by atoms with Crippen LogP contribution in [0.2, 0.25) is 0 Å². The Morgan fingerprint density at radius 3 is 2.26 bits per heavy atom. The second kappa shape index (κ2) is 9.30. The molecule has 1 rings (SSSR count). The molecule has 1 aromatic carbocycles. The van der Waals surface area contributed by atoms with E-state index in [-0.39, 0.29) is 24.4 Å². The van der Waals surface area contributed by atoms with E-state index in [0.29, 0.717) is 6.54 Å². The third-order valence-electron chi connectivity index (χ3n) is 4.09. The second-order valence-electron chi connectivity index (χ2n) is 6.18. The lowest BCUT2D eigenvalue weighted by Gasteiger charge is -2.28. The van der Waals surface area contributed by atoms with Crippen molar-refractivity contribution < 1.29 is 14.7 Å². The summed E-state index contributed by atoms with van der Waals surface area (Å²) in [7, 11) is 0. The summed E-state index contributed by atoms with van der Waals surface area (Å²) in [6.07, 6.45) is 0.746. The minimum atomic E-state index is -0.911. The SMILES string of the molecule is CC[C@H](C)[C@H](NCC(=O)N(Cc1ccccc1)C(C)C)C(=O)O. The van der Waals surface area contributed by atoms with Crippen LogP contribution in [-0.4, -0.2) is 40.5 Å². The van der Waals surface area contributed by atoms with Crippen LogP contribution in [-0.2, 0) is 16.1 Å². The monoisotopic (exact) mass is 320 g/mol. The third kappa shape index (κ3) is 6.02. The highest BCUT2D eigenvalue weighted by atomic mass is 16.4. The zero-order valence-electron chi connectivity index (χ0n) is 14.5. The Morgan fingerprint density at radius 2 is 1.78 bits per heavy atom. The maximum atomic E-state index is 12.5. The summed E-state index contributed by atoms with van der Waals surface area (Å²) in [4.78, 5) is 25.6. The molecule has 0 fully saturated rings. The molecule has 0 bridgehead atoms. The van der Waals surface area contributed by atoms with Crippen LogP contribution < -0.4 is 5.32 Å². The summed E-state index contributed by atoms with van der Waals surface area (Å²) in [5.74, 6) is -1.02. The topological polar surface area (TPSA) is 69.6 Å². The molecule has 23 heavy (non-hydrogen) atoms. The van der Waals surface area contributed by atoms with E-state index in [2.05, 4.69) is 5.32 Å². The van der Waals surface area contributed by atoms with Gasteiger partial charge in [-0.15, -0.1) is 0 Å². The van der Waals surface area contributed by atoms with Crippen LogP contribution in [0.5, 0.6) is 0 Å².